The summed E-state index contributed by atoms with van der Waals surface area (Å²) in [5.41, 5.74) is 5.63. The number of benzene rings is 2. The van der Waals surface area contributed by atoms with Crippen LogP contribution in [0, 0.1) is 11.8 Å². The van der Waals surface area contributed by atoms with Crippen LogP contribution in [-0.2, 0) is 10.2 Å². The Bertz CT molecular complexity index is 1040. The second-order valence-corrected chi connectivity index (χ2v) is 11.1. The molecule has 2 aromatic rings. The molecule has 2 aromatic carbocycles. The number of rotatable bonds is 5. The molecule has 186 valence electrons. The third-order valence-electron chi connectivity index (χ3n) is 8.03. The zero-order valence-electron chi connectivity index (χ0n) is 21.2. The molecule has 3 atom stereocenters. The summed E-state index contributed by atoms with van der Waals surface area (Å²) in [7, 11) is 2.11. The Morgan fingerprint density at radius 2 is 1.54 bits per heavy atom. The molecule has 0 spiro atoms. The van der Waals surface area contributed by atoms with E-state index in [4.69, 9.17) is 0 Å². The molecular formula is C29H38N4O2. The minimum atomic E-state index is -0.452. The van der Waals surface area contributed by atoms with E-state index in [2.05, 4.69) is 48.4 Å². The van der Waals surface area contributed by atoms with Crippen LogP contribution in [0.1, 0.15) is 60.6 Å². The molecule has 0 aromatic heterocycles. The molecule has 2 heterocycles. The smallest absolute Gasteiger partial charge is 0.254 e. The number of carbonyl (C=O) groups excluding carboxylic acids is 2. The van der Waals surface area contributed by atoms with Crippen LogP contribution >= 0.6 is 0 Å². The van der Waals surface area contributed by atoms with Crippen molar-refractivity contribution in [3.05, 3.63) is 71.3 Å². The number of piperidine rings is 1. The lowest BCUT2D eigenvalue weighted by Crippen LogP contribution is -2.52. The first-order valence-corrected chi connectivity index (χ1v) is 13.1. The predicted octanol–water partition coefficient (Wildman–Crippen LogP) is 3.86. The maximum absolute atomic E-state index is 13.5. The first-order chi connectivity index (χ1) is 16.9. The number of hydrazine groups is 1. The third-order valence-corrected chi connectivity index (χ3v) is 8.03. The van der Waals surface area contributed by atoms with Gasteiger partial charge in [0.05, 0.1) is 11.5 Å². The van der Waals surface area contributed by atoms with Gasteiger partial charge in [0.2, 0.25) is 5.91 Å². The standard InChI is InChI=1S/C29H38N4O2/c1-21-17-22(2)19-32(18-21)30-28(35)29(13-14-29)25-11-9-24(10-12-25)27(34)33-16-15-31(3)20-26(33)23-7-5-4-6-8-23/h4-12,21-22,26H,13-20H2,1-3H3,(H,30,35)/t21-,22-,26?/m0/s1. The number of nitrogens with one attached hydrogen (secondary N) is 1. The number of hydrogen-bond acceptors (Lipinski definition) is 4. The molecule has 1 unspecified atom stereocenters. The molecule has 2 saturated heterocycles. The molecule has 6 nitrogen and oxygen atoms in total. The van der Waals surface area contributed by atoms with Gasteiger partial charge in [-0.1, -0.05) is 56.3 Å². The molecule has 0 radical (unpaired) electrons. The van der Waals surface area contributed by atoms with Crippen molar-refractivity contribution in [1.29, 1.82) is 0 Å². The van der Waals surface area contributed by atoms with Gasteiger partial charge >= 0.3 is 0 Å². The molecule has 3 aliphatic rings. The highest BCUT2D eigenvalue weighted by atomic mass is 16.2. The minimum Gasteiger partial charge on any atom is -0.329 e. The maximum atomic E-state index is 13.5. The van der Waals surface area contributed by atoms with E-state index in [0.717, 1.165) is 44.6 Å². The SMILES string of the molecule is C[C@H]1C[C@H](C)CN(NC(=O)C2(c3ccc(C(=O)N4CCN(C)CC4c4ccccc4)cc3)CC2)C1. The van der Waals surface area contributed by atoms with Gasteiger partial charge < -0.3 is 9.80 Å². The molecular weight excluding hydrogens is 436 g/mol. The molecule has 0 bridgehead atoms. The topological polar surface area (TPSA) is 55.9 Å². The van der Waals surface area contributed by atoms with Crippen molar-refractivity contribution in [3.8, 4) is 0 Å². The Morgan fingerprint density at radius 1 is 0.886 bits per heavy atom. The number of piperazine rings is 1. The first kappa shape index (κ1) is 24.0. The van der Waals surface area contributed by atoms with Gasteiger partial charge in [0, 0.05) is 38.3 Å². The molecule has 1 aliphatic carbocycles. The highest BCUT2D eigenvalue weighted by molar-refractivity contribution is 5.95. The number of amides is 2. The Labute approximate surface area is 209 Å². The second-order valence-electron chi connectivity index (χ2n) is 11.1. The normalized spacial score (nSPS) is 26.8. The van der Waals surface area contributed by atoms with E-state index >= 15 is 0 Å². The zero-order chi connectivity index (χ0) is 24.6. The fourth-order valence-electron chi connectivity index (χ4n) is 6.00. The number of hydrogen-bond donors (Lipinski definition) is 1. The molecule has 2 aliphatic heterocycles. The van der Waals surface area contributed by atoms with E-state index in [1.54, 1.807) is 0 Å². The molecule has 35 heavy (non-hydrogen) atoms. The van der Waals surface area contributed by atoms with Crippen molar-refractivity contribution in [1.82, 2.24) is 20.2 Å². The average molecular weight is 475 g/mol. The molecule has 1 saturated carbocycles. The van der Waals surface area contributed by atoms with Crippen LogP contribution in [0.5, 0.6) is 0 Å². The van der Waals surface area contributed by atoms with Gasteiger partial charge in [-0.05, 0) is 61.4 Å². The number of carbonyl (C=O) groups is 2. The highest BCUT2D eigenvalue weighted by Gasteiger charge is 2.52. The fraction of sp³-hybridized carbons (Fsp3) is 0.517. The largest absolute Gasteiger partial charge is 0.329 e. The average Bonchev–Trinajstić information content (AvgIpc) is 3.66. The first-order valence-electron chi connectivity index (χ1n) is 13.1. The van der Waals surface area contributed by atoms with Crippen molar-refractivity contribution >= 4 is 11.8 Å². The van der Waals surface area contributed by atoms with Gasteiger partial charge in [-0.25, -0.2) is 5.01 Å². The summed E-state index contributed by atoms with van der Waals surface area (Å²) in [6, 6.07) is 18.1. The Morgan fingerprint density at radius 3 is 2.17 bits per heavy atom. The van der Waals surface area contributed by atoms with E-state index in [9.17, 15) is 9.59 Å². The van der Waals surface area contributed by atoms with E-state index in [1.165, 1.54) is 12.0 Å². The van der Waals surface area contributed by atoms with E-state index < -0.39 is 5.41 Å². The van der Waals surface area contributed by atoms with E-state index in [-0.39, 0.29) is 17.9 Å². The Balaban J connectivity index is 1.29. The summed E-state index contributed by atoms with van der Waals surface area (Å²) in [5, 5.41) is 2.11. The molecule has 2 amide bonds. The van der Waals surface area contributed by atoms with Gasteiger partial charge in [0.25, 0.3) is 5.91 Å². The van der Waals surface area contributed by atoms with Crippen molar-refractivity contribution in [2.24, 2.45) is 11.8 Å². The van der Waals surface area contributed by atoms with E-state index in [0.29, 0.717) is 23.9 Å². The lowest BCUT2D eigenvalue weighted by atomic mass is 9.92. The van der Waals surface area contributed by atoms with Crippen LogP contribution < -0.4 is 5.43 Å². The Hall–Kier alpha value is -2.70. The lowest BCUT2D eigenvalue weighted by Gasteiger charge is -2.40. The molecule has 5 rings (SSSR count). The minimum absolute atomic E-state index is 0.0389. The van der Waals surface area contributed by atoms with Crippen LogP contribution in [0.4, 0.5) is 0 Å². The fourth-order valence-corrected chi connectivity index (χ4v) is 6.00. The van der Waals surface area contributed by atoms with Crippen molar-refractivity contribution in [3.63, 3.8) is 0 Å². The maximum Gasteiger partial charge on any atom is 0.254 e. The Kier molecular flexibility index (Phi) is 6.69. The van der Waals surface area contributed by atoms with Gasteiger partial charge in [-0.3, -0.25) is 15.0 Å². The van der Waals surface area contributed by atoms with Crippen LogP contribution in [0.2, 0.25) is 0 Å². The molecule has 6 heteroatoms. The van der Waals surface area contributed by atoms with Crippen molar-refractivity contribution in [2.45, 2.75) is 44.6 Å². The molecule has 1 N–H and O–H groups in total. The quantitative estimate of drug-likeness (QED) is 0.715. The van der Waals surface area contributed by atoms with Crippen LogP contribution in [0.25, 0.3) is 0 Å². The lowest BCUT2D eigenvalue weighted by molar-refractivity contribution is -0.129. The van der Waals surface area contributed by atoms with Crippen molar-refractivity contribution < 1.29 is 9.59 Å². The predicted molar refractivity (Wildman–Crippen MR) is 138 cm³/mol. The van der Waals surface area contributed by atoms with Crippen LogP contribution in [0.15, 0.2) is 54.6 Å². The monoisotopic (exact) mass is 474 g/mol. The van der Waals surface area contributed by atoms with Gasteiger partial charge in [0.15, 0.2) is 0 Å². The summed E-state index contributed by atoms with van der Waals surface area (Å²) in [4.78, 5) is 31.1. The van der Waals surface area contributed by atoms with Gasteiger partial charge in [0.1, 0.15) is 0 Å². The molecule has 3 fully saturated rings. The summed E-state index contributed by atoms with van der Waals surface area (Å²) in [6.07, 6.45) is 2.94. The zero-order valence-corrected chi connectivity index (χ0v) is 21.2. The number of nitrogens with zero attached hydrogens (tertiary/aromatic N) is 3. The summed E-state index contributed by atoms with van der Waals surface area (Å²) < 4.78 is 0. The van der Waals surface area contributed by atoms with E-state index in [1.807, 2.05) is 47.4 Å². The van der Waals surface area contributed by atoms with Crippen LogP contribution in [0.3, 0.4) is 0 Å². The summed E-state index contributed by atoms with van der Waals surface area (Å²) >= 11 is 0. The number of likely N-dealkylation sites (N-methyl/N-ethyl adjacent to an activating group) is 1. The second kappa shape index (κ2) is 9.75. The van der Waals surface area contributed by atoms with Crippen molar-refractivity contribution in [2.75, 3.05) is 39.8 Å². The van der Waals surface area contributed by atoms with Gasteiger partial charge in [-0.15, -0.1) is 0 Å². The van der Waals surface area contributed by atoms with Crippen LogP contribution in [-0.4, -0.2) is 66.4 Å². The summed E-state index contributed by atoms with van der Waals surface area (Å²) in [6.45, 7) is 8.71. The van der Waals surface area contributed by atoms with Gasteiger partial charge in [-0.2, -0.15) is 0 Å². The summed E-state index contributed by atoms with van der Waals surface area (Å²) in [5.74, 6) is 1.34. The highest BCUT2D eigenvalue weighted by Crippen LogP contribution is 2.48. The third kappa shape index (κ3) is 5.00.